The fraction of sp³-hybridized carbons (Fsp3) is 0.320. The molecule has 0 amide bonds. The second-order valence-corrected chi connectivity index (χ2v) is 10.6. The lowest BCUT2D eigenvalue weighted by Crippen LogP contribution is -2.55. The number of aliphatic hydroxyl groups is 1. The van der Waals surface area contributed by atoms with E-state index in [4.69, 9.17) is 5.73 Å². The quantitative estimate of drug-likeness (QED) is 0.578. The lowest BCUT2D eigenvalue weighted by molar-refractivity contribution is -0.0443. The zero-order valence-electron chi connectivity index (χ0n) is 17.8. The van der Waals surface area contributed by atoms with Gasteiger partial charge in [0.05, 0.1) is 22.2 Å². The molecule has 6 rings (SSSR count). The fourth-order valence-electron chi connectivity index (χ4n) is 5.36. The van der Waals surface area contributed by atoms with Gasteiger partial charge in [-0.15, -0.1) is 6.58 Å². The van der Waals surface area contributed by atoms with Crippen molar-refractivity contribution < 1.29 is 13.5 Å². The van der Waals surface area contributed by atoms with Gasteiger partial charge in [0, 0.05) is 23.5 Å². The summed E-state index contributed by atoms with van der Waals surface area (Å²) in [5, 5.41) is 12.1. The van der Waals surface area contributed by atoms with Gasteiger partial charge in [0.1, 0.15) is 0 Å². The number of piperidine rings is 3. The van der Waals surface area contributed by atoms with E-state index < -0.39 is 15.9 Å². The summed E-state index contributed by atoms with van der Waals surface area (Å²) >= 11 is 0. The molecule has 0 spiro atoms. The van der Waals surface area contributed by atoms with E-state index in [-0.39, 0.29) is 21.7 Å². The molecule has 32 heavy (non-hydrogen) atoms. The van der Waals surface area contributed by atoms with Crippen molar-refractivity contribution in [2.45, 2.75) is 34.9 Å². The molecule has 6 nitrogen and oxygen atoms in total. The van der Waals surface area contributed by atoms with E-state index in [1.165, 1.54) is 12.1 Å². The van der Waals surface area contributed by atoms with E-state index in [0.717, 1.165) is 25.9 Å². The predicted octanol–water partition coefficient (Wildman–Crippen LogP) is 3.58. The Morgan fingerprint density at radius 3 is 2.56 bits per heavy atom. The summed E-state index contributed by atoms with van der Waals surface area (Å²) in [6.07, 6.45) is 3.01. The number of hydrogen-bond acceptors (Lipinski definition) is 6. The monoisotopic (exact) mass is 449 g/mol. The average Bonchev–Trinajstić information content (AvgIpc) is 2.84. The van der Waals surface area contributed by atoms with Crippen LogP contribution < -0.4 is 5.73 Å². The van der Waals surface area contributed by atoms with Crippen molar-refractivity contribution in [3.8, 4) is 0 Å². The molecule has 3 aliphatic heterocycles. The van der Waals surface area contributed by atoms with Gasteiger partial charge >= 0.3 is 0 Å². The summed E-state index contributed by atoms with van der Waals surface area (Å²) in [4.78, 5) is 6.85. The Kier molecular flexibility index (Phi) is 5.28. The minimum Gasteiger partial charge on any atom is -0.396 e. The van der Waals surface area contributed by atoms with Crippen LogP contribution in [0.15, 0.2) is 77.2 Å². The molecule has 0 radical (unpaired) electrons. The van der Waals surface area contributed by atoms with E-state index in [1.54, 1.807) is 30.3 Å². The van der Waals surface area contributed by atoms with Gasteiger partial charge in [-0.3, -0.25) is 4.90 Å². The molecule has 1 unspecified atom stereocenters. The highest BCUT2D eigenvalue weighted by molar-refractivity contribution is 7.91. The van der Waals surface area contributed by atoms with Crippen molar-refractivity contribution in [2.24, 2.45) is 11.8 Å². The maximum Gasteiger partial charge on any atom is 0.225 e. The van der Waals surface area contributed by atoms with Gasteiger partial charge in [0.15, 0.2) is 5.03 Å². The van der Waals surface area contributed by atoms with Crippen molar-refractivity contribution in [3.05, 3.63) is 72.8 Å². The molecule has 2 aromatic carbocycles. The van der Waals surface area contributed by atoms with Gasteiger partial charge in [-0.05, 0) is 49.4 Å². The fourth-order valence-corrected chi connectivity index (χ4v) is 6.72. The van der Waals surface area contributed by atoms with Crippen molar-refractivity contribution in [2.75, 3.05) is 18.8 Å². The first-order chi connectivity index (χ1) is 15.4. The van der Waals surface area contributed by atoms with Crippen LogP contribution in [-0.2, 0) is 9.84 Å². The van der Waals surface area contributed by atoms with Crippen LogP contribution in [0.3, 0.4) is 0 Å². The standard InChI is InChI=1S/C25H27N3O3S/c1-2-16-15-28-13-12-17(16)14-21(28)24(29)22-19-10-6-7-11-20(19)27-25(23(22)26)32(30,31)18-8-4-3-5-9-18/h2-11,16-17,21,24,29H,1,12-15,26H2/t16-,17+,21+,24+/m1/s1. The smallest absolute Gasteiger partial charge is 0.225 e. The minimum absolute atomic E-state index is 0.0305. The normalized spacial score (nSPS) is 26.2. The van der Waals surface area contributed by atoms with E-state index in [2.05, 4.69) is 16.5 Å². The van der Waals surface area contributed by atoms with E-state index in [9.17, 15) is 13.5 Å². The number of para-hydroxylation sites is 1. The Morgan fingerprint density at radius 2 is 1.88 bits per heavy atom. The molecule has 3 aromatic rings. The number of aromatic nitrogens is 1. The highest BCUT2D eigenvalue weighted by Crippen LogP contribution is 2.44. The molecule has 5 atom stereocenters. The summed E-state index contributed by atoms with van der Waals surface area (Å²) in [5.74, 6) is 0.895. The van der Waals surface area contributed by atoms with Crippen LogP contribution in [-0.4, -0.2) is 42.5 Å². The first-order valence-corrected chi connectivity index (χ1v) is 12.4. The molecule has 3 fully saturated rings. The van der Waals surface area contributed by atoms with Crippen LogP contribution in [0.2, 0.25) is 0 Å². The number of benzene rings is 2. The molecular weight excluding hydrogens is 422 g/mol. The Labute approximate surface area is 188 Å². The molecule has 7 heteroatoms. The Hall–Kier alpha value is -2.74. The van der Waals surface area contributed by atoms with Crippen molar-refractivity contribution in [3.63, 3.8) is 0 Å². The Balaban J connectivity index is 1.65. The van der Waals surface area contributed by atoms with E-state index in [1.807, 2.05) is 18.2 Å². The van der Waals surface area contributed by atoms with Crippen molar-refractivity contribution in [1.82, 2.24) is 9.88 Å². The SMILES string of the molecule is C=C[C@@H]1CN2CC[C@H]1C[C@H]2[C@H](O)c1c(N)c(S(=O)(=O)c2ccccc2)nc2ccccc12. The topological polar surface area (TPSA) is 96.5 Å². The third-order valence-corrected chi connectivity index (χ3v) is 8.77. The van der Waals surface area contributed by atoms with Gasteiger partial charge in [-0.1, -0.05) is 42.5 Å². The lowest BCUT2D eigenvalue weighted by atomic mass is 9.73. The second kappa shape index (κ2) is 7.99. The minimum atomic E-state index is -3.94. The zero-order chi connectivity index (χ0) is 22.5. The predicted molar refractivity (Wildman–Crippen MR) is 125 cm³/mol. The maximum atomic E-state index is 13.4. The molecule has 3 N–H and O–H groups in total. The van der Waals surface area contributed by atoms with Gasteiger partial charge in [-0.2, -0.15) is 0 Å². The molecule has 166 valence electrons. The summed E-state index contributed by atoms with van der Waals surface area (Å²) in [5.41, 5.74) is 7.49. The van der Waals surface area contributed by atoms with Gasteiger partial charge in [-0.25, -0.2) is 13.4 Å². The number of sulfone groups is 1. The summed E-state index contributed by atoms with van der Waals surface area (Å²) in [6, 6.07) is 15.3. The highest BCUT2D eigenvalue weighted by atomic mass is 32.2. The number of nitrogen functional groups attached to an aromatic ring is 1. The van der Waals surface area contributed by atoms with Crippen molar-refractivity contribution >= 4 is 26.4 Å². The second-order valence-electron chi connectivity index (χ2n) is 8.77. The van der Waals surface area contributed by atoms with Crippen LogP contribution in [0.4, 0.5) is 5.69 Å². The first-order valence-electron chi connectivity index (χ1n) is 10.9. The highest BCUT2D eigenvalue weighted by Gasteiger charge is 2.43. The van der Waals surface area contributed by atoms with Gasteiger partial charge in [0.25, 0.3) is 0 Å². The summed E-state index contributed by atoms with van der Waals surface area (Å²) < 4.78 is 26.8. The number of nitrogens with zero attached hydrogens (tertiary/aromatic N) is 2. The van der Waals surface area contributed by atoms with Crippen LogP contribution in [0, 0.1) is 11.8 Å². The third-order valence-electron chi connectivity index (χ3n) is 7.06. The molecule has 3 aliphatic rings. The molecule has 0 saturated carbocycles. The van der Waals surface area contributed by atoms with E-state index in [0.29, 0.717) is 28.3 Å². The molecule has 1 aromatic heterocycles. The Morgan fingerprint density at radius 1 is 1.16 bits per heavy atom. The van der Waals surface area contributed by atoms with Gasteiger partial charge in [0.2, 0.25) is 9.84 Å². The first kappa shape index (κ1) is 21.1. The molecule has 0 aliphatic carbocycles. The third kappa shape index (κ3) is 3.32. The maximum absolute atomic E-state index is 13.4. The molecule has 2 bridgehead atoms. The number of hydrogen-bond donors (Lipinski definition) is 2. The number of nitrogens with two attached hydrogens (primary N) is 1. The zero-order valence-corrected chi connectivity index (χ0v) is 18.6. The number of rotatable bonds is 5. The largest absolute Gasteiger partial charge is 0.396 e. The molecular formula is C25H27N3O3S. The number of fused-ring (bicyclic) bond motifs is 4. The molecule has 4 heterocycles. The number of aliphatic hydroxyl groups excluding tert-OH is 1. The Bertz CT molecular complexity index is 1280. The molecule has 3 saturated heterocycles. The van der Waals surface area contributed by atoms with Crippen molar-refractivity contribution in [1.29, 1.82) is 0 Å². The van der Waals surface area contributed by atoms with Gasteiger partial charge < -0.3 is 10.8 Å². The number of anilines is 1. The average molecular weight is 450 g/mol. The van der Waals surface area contributed by atoms with E-state index >= 15 is 0 Å². The van der Waals surface area contributed by atoms with Crippen LogP contribution in [0.1, 0.15) is 24.5 Å². The van der Waals surface area contributed by atoms with Crippen LogP contribution in [0.5, 0.6) is 0 Å². The summed E-state index contributed by atoms with van der Waals surface area (Å²) in [6.45, 7) is 5.74. The van der Waals surface area contributed by atoms with Crippen LogP contribution >= 0.6 is 0 Å². The van der Waals surface area contributed by atoms with Crippen LogP contribution in [0.25, 0.3) is 10.9 Å². The lowest BCUT2D eigenvalue weighted by Gasteiger charge is -2.50. The number of pyridine rings is 1. The summed E-state index contributed by atoms with van der Waals surface area (Å²) in [7, 11) is -3.94.